The molecule has 0 spiro atoms. The predicted octanol–water partition coefficient (Wildman–Crippen LogP) is 1.32. The van der Waals surface area contributed by atoms with Gasteiger partial charge in [0.05, 0.1) is 10.2 Å². The fourth-order valence-corrected chi connectivity index (χ4v) is 2.58. The van der Waals surface area contributed by atoms with E-state index in [0.29, 0.717) is 10.5 Å². The van der Waals surface area contributed by atoms with E-state index in [9.17, 15) is 15.0 Å². The molecule has 5 nitrogen and oxygen atoms in total. The molecule has 0 atom stereocenters. The lowest BCUT2D eigenvalue weighted by atomic mass is 10.3. The van der Waals surface area contributed by atoms with Gasteiger partial charge in [-0.05, 0) is 0 Å². The number of thiazole rings is 1. The number of hydrogen-bond donors (Lipinski definition) is 2. The van der Waals surface area contributed by atoms with Crippen LogP contribution in [0, 0.1) is 0 Å². The average Bonchev–Trinajstić information content (AvgIpc) is 2.55. The number of benzene rings is 1. The summed E-state index contributed by atoms with van der Waals surface area (Å²) >= 11 is 1.28. The quantitative estimate of drug-likeness (QED) is 0.575. The fraction of sp³-hybridized carbons (Fsp3) is 0. The molecule has 0 unspecified atom stereocenters. The molecule has 6 heteroatoms. The van der Waals surface area contributed by atoms with Gasteiger partial charge in [0.2, 0.25) is 0 Å². The number of aromatic hydroxyl groups is 2. The minimum absolute atomic E-state index is 0.179. The molecule has 0 amide bonds. The first-order valence-electron chi connectivity index (χ1n) is 4.49. The molecule has 16 heavy (non-hydrogen) atoms. The highest BCUT2D eigenvalue weighted by molar-refractivity contribution is 7.23. The molecule has 0 radical (unpaired) electrons. The maximum absolute atomic E-state index is 11.1. The second kappa shape index (κ2) is 2.96. The van der Waals surface area contributed by atoms with E-state index in [1.165, 1.54) is 29.5 Å². The first kappa shape index (κ1) is 9.17. The van der Waals surface area contributed by atoms with Gasteiger partial charge in [-0.15, -0.1) is 0 Å². The number of rotatable bonds is 0. The van der Waals surface area contributed by atoms with Crippen molar-refractivity contribution in [3.63, 3.8) is 0 Å². The lowest BCUT2D eigenvalue weighted by Crippen LogP contribution is -2.04. The molecule has 0 aliphatic carbocycles. The maximum atomic E-state index is 11.1. The molecule has 0 aliphatic heterocycles. The Balaban J connectivity index is 2.56. The largest absolute Gasteiger partial charge is 0.504 e. The third kappa shape index (κ3) is 1.17. The molecule has 80 valence electrons. The van der Waals surface area contributed by atoms with Gasteiger partial charge in [0.15, 0.2) is 16.5 Å². The van der Waals surface area contributed by atoms with Gasteiger partial charge in [-0.2, -0.15) is 4.98 Å². The summed E-state index contributed by atoms with van der Waals surface area (Å²) in [5, 5.41) is 18.8. The summed E-state index contributed by atoms with van der Waals surface area (Å²) in [5.74, 6) is -0.368. The van der Waals surface area contributed by atoms with E-state index in [4.69, 9.17) is 0 Å². The lowest BCUT2D eigenvalue weighted by Gasteiger charge is -1.97. The molecule has 0 fully saturated rings. The number of aromatic nitrogens is 2. The van der Waals surface area contributed by atoms with Gasteiger partial charge < -0.3 is 10.2 Å². The highest BCUT2D eigenvalue weighted by atomic mass is 32.1. The topological polar surface area (TPSA) is 74.8 Å². The van der Waals surface area contributed by atoms with Gasteiger partial charge in [0, 0.05) is 24.4 Å². The first-order valence-corrected chi connectivity index (χ1v) is 5.31. The first-order chi connectivity index (χ1) is 7.65. The van der Waals surface area contributed by atoms with E-state index >= 15 is 0 Å². The Bertz CT molecular complexity index is 760. The van der Waals surface area contributed by atoms with E-state index in [-0.39, 0.29) is 17.1 Å². The highest BCUT2D eigenvalue weighted by Gasteiger charge is 2.09. The maximum Gasteiger partial charge on any atom is 0.273 e. The van der Waals surface area contributed by atoms with Crippen molar-refractivity contribution < 1.29 is 10.2 Å². The molecule has 1 aromatic carbocycles. The minimum Gasteiger partial charge on any atom is -0.504 e. The molecule has 3 aromatic rings. The summed E-state index contributed by atoms with van der Waals surface area (Å²) in [6, 6.07) is 4.25. The van der Waals surface area contributed by atoms with Gasteiger partial charge in [-0.3, -0.25) is 9.20 Å². The van der Waals surface area contributed by atoms with Gasteiger partial charge >= 0.3 is 0 Å². The molecular weight excluding hydrogens is 228 g/mol. The van der Waals surface area contributed by atoms with Crippen molar-refractivity contribution >= 4 is 26.5 Å². The van der Waals surface area contributed by atoms with Crippen LogP contribution >= 0.6 is 11.3 Å². The Labute approximate surface area is 92.9 Å². The average molecular weight is 234 g/mol. The van der Waals surface area contributed by atoms with Crippen LogP contribution in [0.25, 0.3) is 15.2 Å². The zero-order valence-corrected chi connectivity index (χ0v) is 8.73. The van der Waals surface area contributed by atoms with E-state index < -0.39 is 0 Å². The van der Waals surface area contributed by atoms with E-state index in [0.717, 1.165) is 4.70 Å². The second-order valence-corrected chi connectivity index (χ2v) is 4.34. The molecule has 0 bridgehead atoms. The normalized spacial score (nSPS) is 11.2. The van der Waals surface area contributed by atoms with Crippen molar-refractivity contribution in [1.29, 1.82) is 0 Å². The molecule has 2 heterocycles. The van der Waals surface area contributed by atoms with Crippen LogP contribution in [0.4, 0.5) is 0 Å². The van der Waals surface area contributed by atoms with Crippen molar-refractivity contribution in [3.05, 3.63) is 34.7 Å². The summed E-state index contributed by atoms with van der Waals surface area (Å²) in [4.78, 5) is 15.4. The van der Waals surface area contributed by atoms with Crippen LogP contribution in [-0.2, 0) is 0 Å². The summed E-state index contributed by atoms with van der Waals surface area (Å²) in [6.45, 7) is 0. The molecule has 0 saturated heterocycles. The standard InChI is InChI=1S/C10H6N2O3S/c13-6-3-5-8(4-7(6)14)16-10-11-9(15)1-2-12(5)10/h1-4,13-14H. The van der Waals surface area contributed by atoms with Crippen molar-refractivity contribution in [3.8, 4) is 11.5 Å². The fourth-order valence-electron chi connectivity index (χ4n) is 1.56. The molecule has 3 rings (SSSR count). The van der Waals surface area contributed by atoms with Crippen LogP contribution in [0.5, 0.6) is 11.5 Å². The van der Waals surface area contributed by atoms with Crippen LogP contribution in [-0.4, -0.2) is 19.6 Å². The highest BCUT2D eigenvalue weighted by Crippen LogP contribution is 2.34. The SMILES string of the molecule is O=c1ccn2c(n1)sc1cc(O)c(O)cc12. The Kier molecular flexibility index (Phi) is 1.69. The summed E-state index contributed by atoms with van der Waals surface area (Å²) < 4.78 is 2.45. The Morgan fingerprint density at radius 2 is 2.00 bits per heavy atom. The zero-order valence-electron chi connectivity index (χ0n) is 7.91. The smallest absolute Gasteiger partial charge is 0.273 e. The summed E-state index contributed by atoms with van der Waals surface area (Å²) in [6.07, 6.45) is 1.60. The van der Waals surface area contributed by atoms with Gasteiger partial charge in [-0.25, -0.2) is 0 Å². The van der Waals surface area contributed by atoms with Crippen LogP contribution in [0.3, 0.4) is 0 Å². The third-order valence-electron chi connectivity index (χ3n) is 2.30. The van der Waals surface area contributed by atoms with Crippen molar-refractivity contribution in [2.24, 2.45) is 0 Å². The molecule has 0 saturated carbocycles. The molecule has 2 N–H and O–H groups in total. The summed E-state index contributed by atoms with van der Waals surface area (Å²) in [5.41, 5.74) is 0.405. The van der Waals surface area contributed by atoms with Crippen LogP contribution in [0.1, 0.15) is 0 Å². The Hall–Kier alpha value is -2.08. The van der Waals surface area contributed by atoms with E-state index in [2.05, 4.69) is 4.98 Å². The Morgan fingerprint density at radius 1 is 1.25 bits per heavy atom. The minimum atomic E-state index is -0.306. The summed E-state index contributed by atoms with van der Waals surface area (Å²) in [7, 11) is 0. The van der Waals surface area contributed by atoms with Crippen LogP contribution in [0.15, 0.2) is 29.2 Å². The number of nitrogens with zero attached hydrogens (tertiary/aromatic N) is 2. The van der Waals surface area contributed by atoms with Crippen LogP contribution < -0.4 is 5.56 Å². The third-order valence-corrected chi connectivity index (χ3v) is 3.31. The molecule has 0 aliphatic rings. The monoisotopic (exact) mass is 234 g/mol. The lowest BCUT2D eigenvalue weighted by molar-refractivity contribution is 0.405. The predicted molar refractivity (Wildman–Crippen MR) is 60.2 cm³/mol. The molecular formula is C10H6N2O3S. The van der Waals surface area contributed by atoms with Gasteiger partial charge in [-0.1, -0.05) is 11.3 Å². The number of hydrogen-bond acceptors (Lipinski definition) is 5. The van der Waals surface area contributed by atoms with Crippen LogP contribution in [0.2, 0.25) is 0 Å². The van der Waals surface area contributed by atoms with Crippen molar-refractivity contribution in [2.45, 2.75) is 0 Å². The zero-order chi connectivity index (χ0) is 11.3. The van der Waals surface area contributed by atoms with E-state index in [1.807, 2.05) is 0 Å². The van der Waals surface area contributed by atoms with Gasteiger partial charge in [0.1, 0.15) is 0 Å². The number of phenolic OH excluding ortho intramolecular Hbond substituents is 2. The van der Waals surface area contributed by atoms with Gasteiger partial charge in [0.25, 0.3) is 5.56 Å². The van der Waals surface area contributed by atoms with Crippen molar-refractivity contribution in [2.75, 3.05) is 0 Å². The van der Waals surface area contributed by atoms with E-state index in [1.54, 1.807) is 10.6 Å². The second-order valence-electron chi connectivity index (χ2n) is 3.33. The number of phenols is 2. The Morgan fingerprint density at radius 3 is 2.81 bits per heavy atom. The van der Waals surface area contributed by atoms with Crippen molar-refractivity contribution in [1.82, 2.24) is 9.38 Å². The number of fused-ring (bicyclic) bond motifs is 3. The molecule has 2 aromatic heterocycles.